The molecule has 2 atom stereocenters. The van der Waals surface area contributed by atoms with Crippen molar-refractivity contribution in [3.05, 3.63) is 70.2 Å². The highest BCUT2D eigenvalue weighted by molar-refractivity contribution is 6.24. The predicted octanol–water partition coefficient (Wildman–Crippen LogP) is 2.88. The van der Waals surface area contributed by atoms with Crippen LogP contribution in [0.5, 0.6) is 23.0 Å². The fourth-order valence-electron chi connectivity index (χ4n) is 4.46. The largest absolute Gasteiger partial charge is 0.504 e. The lowest BCUT2D eigenvalue weighted by Crippen LogP contribution is -2.31. The smallest absolute Gasteiger partial charge is 0.306 e. The quantitative estimate of drug-likeness (QED) is 0.248. The SMILES string of the molecule is COC(=O)CC(C1=C(O)C(=O)C(C(CC(=O)OC)c2ccc(O)c(OC)c2)=C(O)C1=O)c1ccc(O)c(OC)c1. The van der Waals surface area contributed by atoms with E-state index in [0.29, 0.717) is 0 Å². The Balaban J connectivity index is 2.20. The number of Topliss-reactive ketones (excluding diaryl/α,β-unsaturated/α-hetero) is 2. The second kappa shape index (κ2) is 12.2. The predicted molar refractivity (Wildman–Crippen MR) is 137 cm³/mol. The van der Waals surface area contributed by atoms with Crippen molar-refractivity contribution >= 4 is 23.5 Å². The monoisotopic (exact) mass is 556 g/mol. The summed E-state index contributed by atoms with van der Waals surface area (Å²) < 4.78 is 19.6. The summed E-state index contributed by atoms with van der Waals surface area (Å²) in [6.45, 7) is 0. The van der Waals surface area contributed by atoms with E-state index in [9.17, 15) is 39.6 Å². The normalized spacial score (nSPS) is 15.0. The Morgan fingerprint density at radius 1 is 0.650 bits per heavy atom. The van der Waals surface area contributed by atoms with Gasteiger partial charge in [0.05, 0.1) is 52.4 Å². The molecule has 0 saturated heterocycles. The van der Waals surface area contributed by atoms with Gasteiger partial charge in [-0.1, -0.05) is 12.1 Å². The minimum atomic E-state index is -1.30. The molecular weight excluding hydrogens is 528 g/mol. The zero-order valence-electron chi connectivity index (χ0n) is 22.1. The number of aromatic hydroxyl groups is 2. The number of rotatable bonds is 10. The Kier molecular flexibility index (Phi) is 9.04. The van der Waals surface area contributed by atoms with Crippen LogP contribution in [0.2, 0.25) is 0 Å². The van der Waals surface area contributed by atoms with Gasteiger partial charge in [-0.05, 0) is 35.4 Å². The summed E-state index contributed by atoms with van der Waals surface area (Å²) in [4.78, 5) is 51.7. The van der Waals surface area contributed by atoms with Crippen LogP contribution in [0, 0.1) is 0 Å². The number of hydrogen-bond acceptors (Lipinski definition) is 12. The first kappa shape index (κ1) is 29.6. The third-order valence-corrected chi connectivity index (χ3v) is 6.54. The van der Waals surface area contributed by atoms with Crippen LogP contribution in [0.25, 0.3) is 0 Å². The number of phenolic OH excluding ortho intramolecular Hbond substituents is 2. The minimum absolute atomic E-state index is 0.0121. The number of methoxy groups -OCH3 is 4. The van der Waals surface area contributed by atoms with Gasteiger partial charge < -0.3 is 39.4 Å². The number of benzene rings is 2. The molecule has 12 heteroatoms. The van der Waals surface area contributed by atoms with E-state index in [1.807, 2.05) is 0 Å². The Morgan fingerprint density at radius 2 is 1.00 bits per heavy atom. The molecule has 0 radical (unpaired) electrons. The summed E-state index contributed by atoms with van der Waals surface area (Å²) >= 11 is 0. The molecule has 12 nitrogen and oxygen atoms in total. The first-order valence-electron chi connectivity index (χ1n) is 11.8. The summed E-state index contributed by atoms with van der Waals surface area (Å²) in [5.41, 5.74) is -0.809. The zero-order chi connectivity index (χ0) is 29.7. The average molecular weight is 557 g/mol. The summed E-state index contributed by atoms with van der Waals surface area (Å²) in [6.07, 6.45) is -1.04. The van der Waals surface area contributed by atoms with E-state index in [-0.39, 0.29) is 34.1 Å². The van der Waals surface area contributed by atoms with Crippen molar-refractivity contribution in [2.24, 2.45) is 0 Å². The number of ketones is 2. The Labute approximate surface area is 228 Å². The van der Waals surface area contributed by atoms with Gasteiger partial charge in [-0.3, -0.25) is 19.2 Å². The van der Waals surface area contributed by atoms with Crippen LogP contribution < -0.4 is 9.47 Å². The lowest BCUT2D eigenvalue weighted by atomic mass is 9.75. The van der Waals surface area contributed by atoms with Gasteiger partial charge in [-0.2, -0.15) is 0 Å². The van der Waals surface area contributed by atoms with Gasteiger partial charge in [-0.25, -0.2) is 0 Å². The second-order valence-corrected chi connectivity index (χ2v) is 8.71. The summed E-state index contributed by atoms with van der Waals surface area (Å²) in [6, 6.07) is 7.78. The molecule has 0 fully saturated rings. The molecule has 2 aromatic rings. The molecule has 0 saturated carbocycles. The third kappa shape index (κ3) is 5.70. The molecule has 2 aromatic carbocycles. The fourth-order valence-corrected chi connectivity index (χ4v) is 4.46. The molecule has 4 N–H and O–H groups in total. The number of allylic oxidation sites excluding steroid dienone is 2. The van der Waals surface area contributed by atoms with Crippen molar-refractivity contribution in [3.8, 4) is 23.0 Å². The Morgan fingerprint density at radius 3 is 1.30 bits per heavy atom. The van der Waals surface area contributed by atoms with Crippen LogP contribution in [0.1, 0.15) is 35.8 Å². The van der Waals surface area contributed by atoms with Gasteiger partial charge in [-0.15, -0.1) is 0 Å². The van der Waals surface area contributed by atoms with Crippen LogP contribution >= 0.6 is 0 Å². The van der Waals surface area contributed by atoms with Crippen molar-refractivity contribution in [2.45, 2.75) is 24.7 Å². The van der Waals surface area contributed by atoms with Crippen molar-refractivity contribution < 1.29 is 58.6 Å². The minimum Gasteiger partial charge on any atom is -0.504 e. The van der Waals surface area contributed by atoms with E-state index in [2.05, 4.69) is 0 Å². The molecule has 0 aromatic heterocycles. The number of ether oxygens (including phenoxy) is 4. The lowest BCUT2D eigenvalue weighted by Gasteiger charge is -2.27. The molecule has 0 heterocycles. The van der Waals surface area contributed by atoms with Gasteiger partial charge in [0.15, 0.2) is 34.5 Å². The number of aliphatic hydroxyl groups excluding tert-OH is 2. The van der Waals surface area contributed by atoms with E-state index in [4.69, 9.17) is 18.9 Å². The summed E-state index contributed by atoms with van der Waals surface area (Å²) in [5.74, 6) is -9.16. The molecule has 2 unspecified atom stereocenters. The molecule has 212 valence electrons. The van der Waals surface area contributed by atoms with E-state index < -0.39 is 70.8 Å². The van der Waals surface area contributed by atoms with Crippen LogP contribution in [-0.4, -0.2) is 72.4 Å². The number of carbonyl (C=O) groups is 4. The number of hydrogen-bond donors (Lipinski definition) is 4. The maximum Gasteiger partial charge on any atom is 0.306 e. The molecule has 0 aliphatic heterocycles. The fraction of sp³-hybridized carbons (Fsp3) is 0.286. The highest BCUT2D eigenvalue weighted by atomic mass is 16.5. The summed E-state index contributed by atoms with van der Waals surface area (Å²) in [5, 5.41) is 42.1. The van der Waals surface area contributed by atoms with Gasteiger partial charge in [0.25, 0.3) is 0 Å². The molecule has 3 rings (SSSR count). The molecule has 0 bridgehead atoms. The second-order valence-electron chi connectivity index (χ2n) is 8.71. The highest BCUT2D eigenvalue weighted by Gasteiger charge is 2.43. The zero-order valence-corrected chi connectivity index (χ0v) is 22.1. The van der Waals surface area contributed by atoms with Crippen molar-refractivity contribution in [3.63, 3.8) is 0 Å². The number of phenols is 2. The highest BCUT2D eigenvalue weighted by Crippen LogP contribution is 2.43. The number of aliphatic hydroxyl groups is 2. The molecule has 0 amide bonds. The van der Waals surface area contributed by atoms with E-state index in [1.54, 1.807) is 0 Å². The van der Waals surface area contributed by atoms with Crippen LogP contribution in [0.4, 0.5) is 0 Å². The number of esters is 2. The average Bonchev–Trinajstić information content (AvgIpc) is 2.95. The summed E-state index contributed by atoms with van der Waals surface area (Å²) in [7, 11) is 4.77. The van der Waals surface area contributed by atoms with Gasteiger partial charge >= 0.3 is 11.9 Å². The molecule has 1 aliphatic rings. The van der Waals surface area contributed by atoms with Crippen LogP contribution in [-0.2, 0) is 28.7 Å². The van der Waals surface area contributed by atoms with Crippen molar-refractivity contribution in [2.75, 3.05) is 28.4 Å². The lowest BCUT2D eigenvalue weighted by molar-refractivity contribution is -0.142. The molecule has 40 heavy (non-hydrogen) atoms. The van der Waals surface area contributed by atoms with Crippen molar-refractivity contribution in [1.82, 2.24) is 0 Å². The Bertz CT molecular complexity index is 1310. The van der Waals surface area contributed by atoms with E-state index in [0.717, 1.165) is 14.2 Å². The first-order valence-corrected chi connectivity index (χ1v) is 11.8. The van der Waals surface area contributed by atoms with Crippen molar-refractivity contribution in [1.29, 1.82) is 0 Å². The van der Waals surface area contributed by atoms with E-state index in [1.165, 1.54) is 50.6 Å². The topological polar surface area (TPSA) is 186 Å². The van der Waals surface area contributed by atoms with Crippen LogP contribution in [0.3, 0.4) is 0 Å². The maximum absolute atomic E-state index is 13.6. The van der Waals surface area contributed by atoms with Gasteiger partial charge in [0.2, 0.25) is 11.6 Å². The van der Waals surface area contributed by atoms with Crippen LogP contribution in [0.15, 0.2) is 59.1 Å². The van der Waals surface area contributed by atoms with E-state index >= 15 is 0 Å². The number of carbonyl (C=O) groups excluding carboxylic acids is 4. The Hall–Kier alpha value is -5.00. The molecule has 0 spiro atoms. The van der Waals surface area contributed by atoms with Gasteiger partial charge in [0.1, 0.15) is 0 Å². The molecular formula is C28H28O12. The van der Waals surface area contributed by atoms with Gasteiger partial charge in [0, 0.05) is 11.8 Å². The molecule has 1 aliphatic carbocycles. The maximum atomic E-state index is 13.6. The third-order valence-electron chi connectivity index (χ3n) is 6.54. The first-order chi connectivity index (χ1) is 19.0. The standard InChI is InChI=1S/C28H28O12/c1-37-19-9-13(5-7-17(19)29)15(11-21(31)39-3)23-25(33)27(35)24(28(36)26(23)34)16(12-22(32)40-4)14-6-8-18(30)20(10-14)38-2/h5-10,15-16,29-30,33,36H,11-12H2,1-4H3.